The lowest BCUT2D eigenvalue weighted by atomic mass is 10.2. The van der Waals surface area contributed by atoms with E-state index in [1.54, 1.807) is 0 Å². The lowest BCUT2D eigenvalue weighted by Crippen LogP contribution is -2.00. The highest BCUT2D eigenvalue weighted by Crippen LogP contribution is 2.12. The molecule has 4 nitrogen and oxygen atoms in total. The second-order valence-corrected chi connectivity index (χ2v) is 3.70. The van der Waals surface area contributed by atoms with Gasteiger partial charge in [0.05, 0.1) is 6.61 Å². The van der Waals surface area contributed by atoms with Gasteiger partial charge in [0.2, 0.25) is 0 Å². The van der Waals surface area contributed by atoms with Gasteiger partial charge in [0.1, 0.15) is 5.75 Å². The molecule has 2 N–H and O–H groups in total. The molecule has 0 bridgehead atoms. The minimum Gasteiger partial charge on any atom is -0.502 e. The summed E-state index contributed by atoms with van der Waals surface area (Å²) in [6.45, 7) is 2.48. The van der Waals surface area contributed by atoms with Crippen molar-refractivity contribution in [2.24, 2.45) is 0 Å². The van der Waals surface area contributed by atoms with Gasteiger partial charge in [-0.05, 0) is 43.5 Å². The van der Waals surface area contributed by atoms with E-state index in [2.05, 4.69) is 0 Å². The molecule has 0 saturated heterocycles. The fraction of sp³-hybridized carbons (Fsp3) is 0.308. The van der Waals surface area contributed by atoms with Crippen LogP contribution < -0.4 is 4.74 Å². The molecule has 0 amide bonds. The molecule has 0 heterocycles. The number of ether oxygens (including phenoxy) is 1. The minimum atomic E-state index is -1.30. The van der Waals surface area contributed by atoms with Crippen molar-refractivity contribution in [1.29, 1.82) is 0 Å². The normalized spacial score (nSPS) is 11.2. The lowest BCUT2D eigenvalue weighted by Gasteiger charge is -2.05. The molecule has 0 saturated carbocycles. The van der Waals surface area contributed by atoms with Crippen molar-refractivity contribution in [2.75, 3.05) is 6.61 Å². The van der Waals surface area contributed by atoms with E-state index >= 15 is 0 Å². The van der Waals surface area contributed by atoms with Crippen molar-refractivity contribution < 1.29 is 19.7 Å². The van der Waals surface area contributed by atoms with Crippen molar-refractivity contribution in [3.05, 3.63) is 41.7 Å². The number of hydrogen-bond acceptors (Lipinski definition) is 3. The molecule has 0 fully saturated rings. The third-order valence-electron chi connectivity index (χ3n) is 2.16. The van der Waals surface area contributed by atoms with Gasteiger partial charge >= 0.3 is 5.97 Å². The summed E-state index contributed by atoms with van der Waals surface area (Å²) in [6.07, 6.45) is 2.41. The third-order valence-corrected chi connectivity index (χ3v) is 2.16. The van der Waals surface area contributed by atoms with Crippen LogP contribution in [0.4, 0.5) is 0 Å². The van der Waals surface area contributed by atoms with E-state index in [4.69, 9.17) is 14.9 Å². The van der Waals surface area contributed by atoms with Gasteiger partial charge in [0, 0.05) is 0 Å². The molecule has 0 unspecified atom stereocenters. The highest BCUT2D eigenvalue weighted by atomic mass is 16.5. The Bertz CT molecular complexity index is 410. The van der Waals surface area contributed by atoms with Gasteiger partial charge in [-0.15, -0.1) is 0 Å². The Hall–Kier alpha value is -1.97. The number of aliphatic hydroxyl groups excluding tert-OH is 1. The SMILES string of the molecule is Cc1cccc(OCCCC=C(O)C(=O)O)c1. The number of aliphatic carboxylic acids is 1. The van der Waals surface area contributed by atoms with E-state index in [1.807, 2.05) is 31.2 Å². The van der Waals surface area contributed by atoms with Crippen LogP contribution in [0.15, 0.2) is 36.1 Å². The predicted octanol–water partition coefficient (Wildman–Crippen LogP) is 2.68. The van der Waals surface area contributed by atoms with Crippen LogP contribution in [0.25, 0.3) is 0 Å². The van der Waals surface area contributed by atoms with Gasteiger partial charge in [-0.1, -0.05) is 12.1 Å². The maximum atomic E-state index is 10.3. The maximum Gasteiger partial charge on any atom is 0.370 e. The van der Waals surface area contributed by atoms with Crippen LogP contribution in [-0.4, -0.2) is 22.8 Å². The van der Waals surface area contributed by atoms with Crippen molar-refractivity contribution in [2.45, 2.75) is 19.8 Å². The zero-order chi connectivity index (χ0) is 12.7. The van der Waals surface area contributed by atoms with Gasteiger partial charge in [0.25, 0.3) is 0 Å². The van der Waals surface area contributed by atoms with Crippen LogP contribution in [0.3, 0.4) is 0 Å². The zero-order valence-corrected chi connectivity index (χ0v) is 9.72. The van der Waals surface area contributed by atoms with E-state index < -0.39 is 11.7 Å². The van der Waals surface area contributed by atoms with Crippen molar-refractivity contribution >= 4 is 5.97 Å². The number of hydrogen-bond donors (Lipinski definition) is 2. The molecule has 17 heavy (non-hydrogen) atoms. The van der Waals surface area contributed by atoms with E-state index in [1.165, 1.54) is 6.08 Å². The Morgan fingerprint density at radius 3 is 2.82 bits per heavy atom. The Balaban J connectivity index is 2.25. The van der Waals surface area contributed by atoms with E-state index in [0.29, 0.717) is 19.4 Å². The second kappa shape index (κ2) is 6.58. The summed E-state index contributed by atoms with van der Waals surface area (Å²) in [4.78, 5) is 10.3. The number of aliphatic hydroxyl groups is 1. The summed E-state index contributed by atoms with van der Waals surface area (Å²) in [7, 11) is 0. The monoisotopic (exact) mass is 236 g/mol. The first kappa shape index (κ1) is 13.1. The summed E-state index contributed by atoms with van der Waals surface area (Å²) in [6, 6.07) is 7.71. The number of allylic oxidation sites excluding steroid dienone is 1. The number of benzene rings is 1. The molecule has 1 aromatic carbocycles. The highest BCUT2D eigenvalue weighted by Gasteiger charge is 2.01. The van der Waals surface area contributed by atoms with Crippen LogP contribution in [0.5, 0.6) is 5.75 Å². The quantitative estimate of drug-likeness (QED) is 0.452. The number of unbranched alkanes of at least 4 members (excludes halogenated alkanes) is 1. The van der Waals surface area contributed by atoms with Crippen LogP contribution in [0, 0.1) is 6.92 Å². The average Bonchev–Trinajstić information content (AvgIpc) is 2.28. The van der Waals surface area contributed by atoms with E-state index in [0.717, 1.165) is 11.3 Å². The highest BCUT2D eigenvalue weighted by molar-refractivity contribution is 5.83. The molecular formula is C13H16O4. The van der Waals surface area contributed by atoms with Crippen molar-refractivity contribution in [3.63, 3.8) is 0 Å². The first-order valence-corrected chi connectivity index (χ1v) is 5.41. The minimum absolute atomic E-state index is 0.476. The van der Waals surface area contributed by atoms with Gasteiger partial charge in [-0.3, -0.25) is 0 Å². The molecule has 0 spiro atoms. The average molecular weight is 236 g/mol. The molecule has 0 atom stereocenters. The smallest absolute Gasteiger partial charge is 0.370 e. The van der Waals surface area contributed by atoms with Crippen LogP contribution in [0.2, 0.25) is 0 Å². The Kier molecular flexibility index (Phi) is 5.07. The standard InChI is InChI=1S/C13H16O4/c1-10-5-4-6-11(9-10)17-8-3-2-7-12(14)13(15)16/h4-7,9,14H,2-3,8H2,1H3,(H,15,16). The van der Waals surface area contributed by atoms with Gasteiger partial charge in [0.15, 0.2) is 5.76 Å². The molecule has 0 aromatic heterocycles. The first-order valence-electron chi connectivity index (χ1n) is 5.41. The molecule has 4 heteroatoms. The van der Waals surface area contributed by atoms with Gasteiger partial charge in [-0.2, -0.15) is 0 Å². The topological polar surface area (TPSA) is 66.8 Å². The predicted molar refractivity (Wildman–Crippen MR) is 64.3 cm³/mol. The molecule has 0 aliphatic rings. The van der Waals surface area contributed by atoms with Crippen LogP contribution in [-0.2, 0) is 4.79 Å². The number of rotatable bonds is 6. The molecular weight excluding hydrogens is 220 g/mol. The van der Waals surface area contributed by atoms with Crippen LogP contribution >= 0.6 is 0 Å². The summed E-state index contributed by atoms with van der Waals surface area (Å²) in [5.41, 5.74) is 1.13. The summed E-state index contributed by atoms with van der Waals surface area (Å²) in [5.74, 6) is -1.11. The molecule has 0 radical (unpaired) electrons. The largest absolute Gasteiger partial charge is 0.502 e. The molecule has 0 aliphatic carbocycles. The van der Waals surface area contributed by atoms with E-state index in [-0.39, 0.29) is 0 Å². The summed E-state index contributed by atoms with van der Waals surface area (Å²) >= 11 is 0. The van der Waals surface area contributed by atoms with E-state index in [9.17, 15) is 4.79 Å². The summed E-state index contributed by atoms with van der Waals surface area (Å²) < 4.78 is 5.47. The fourth-order valence-electron chi connectivity index (χ4n) is 1.30. The van der Waals surface area contributed by atoms with Gasteiger partial charge < -0.3 is 14.9 Å². The molecule has 92 valence electrons. The van der Waals surface area contributed by atoms with Crippen molar-refractivity contribution in [3.8, 4) is 5.75 Å². The molecule has 0 aliphatic heterocycles. The fourth-order valence-corrected chi connectivity index (χ4v) is 1.30. The summed E-state index contributed by atoms with van der Waals surface area (Å²) in [5, 5.41) is 17.3. The Labute approximate surface area is 100 Å². The number of aryl methyl sites for hydroxylation is 1. The zero-order valence-electron chi connectivity index (χ0n) is 9.72. The first-order chi connectivity index (χ1) is 8.09. The Morgan fingerprint density at radius 2 is 2.18 bits per heavy atom. The molecule has 1 rings (SSSR count). The van der Waals surface area contributed by atoms with Crippen LogP contribution in [0.1, 0.15) is 18.4 Å². The third kappa shape index (κ3) is 5.06. The van der Waals surface area contributed by atoms with Gasteiger partial charge in [-0.25, -0.2) is 4.79 Å². The number of carboxylic acid groups (broad SMARTS) is 1. The van der Waals surface area contributed by atoms with Crippen molar-refractivity contribution in [1.82, 2.24) is 0 Å². The second-order valence-electron chi connectivity index (χ2n) is 3.70. The molecule has 1 aromatic rings. The Morgan fingerprint density at radius 1 is 1.41 bits per heavy atom. The number of carbonyl (C=O) groups is 1. The number of carboxylic acids is 1. The lowest BCUT2D eigenvalue weighted by molar-refractivity contribution is -0.135. The maximum absolute atomic E-state index is 10.3.